The van der Waals surface area contributed by atoms with Crippen molar-refractivity contribution in [2.75, 3.05) is 64.3 Å². The lowest BCUT2D eigenvalue weighted by Crippen LogP contribution is -2.51. The van der Waals surface area contributed by atoms with Crippen LogP contribution in [0.4, 0.5) is 15.3 Å². The molecule has 0 bridgehead atoms. The number of carbonyl (C=O) groups excluding carboxylic acids is 2. The fraction of sp³-hybridized carbons (Fsp3) is 0.542. The van der Waals surface area contributed by atoms with Gasteiger partial charge in [0.05, 0.1) is 0 Å². The van der Waals surface area contributed by atoms with Crippen molar-refractivity contribution in [1.29, 1.82) is 0 Å². The molecule has 4 amide bonds. The first kappa shape index (κ1) is 24.9. The fourth-order valence-electron chi connectivity index (χ4n) is 4.22. The second kappa shape index (κ2) is 12.5. The maximum Gasteiger partial charge on any atom is 0.349 e. The van der Waals surface area contributed by atoms with Crippen molar-refractivity contribution in [3.63, 3.8) is 0 Å². The van der Waals surface area contributed by atoms with E-state index >= 15 is 0 Å². The van der Waals surface area contributed by atoms with Gasteiger partial charge in [0.1, 0.15) is 5.84 Å². The number of nitrogens with one attached hydrogen (secondary N) is 2. The zero-order valence-electron chi connectivity index (χ0n) is 19.6. The molecule has 0 saturated carbocycles. The van der Waals surface area contributed by atoms with Gasteiger partial charge in [-0.25, -0.2) is 9.59 Å². The highest BCUT2D eigenvalue weighted by Gasteiger charge is 2.19. The summed E-state index contributed by atoms with van der Waals surface area (Å²) in [7, 11) is 1.68. The average molecular weight is 456 g/mol. The maximum atomic E-state index is 12.8. The molecule has 2 heterocycles. The summed E-state index contributed by atoms with van der Waals surface area (Å²) in [5.74, 6) is 0.740. The summed E-state index contributed by atoms with van der Waals surface area (Å²) in [6, 6.07) is 7.20. The van der Waals surface area contributed by atoms with E-state index in [0.717, 1.165) is 51.4 Å². The molecule has 2 aliphatic rings. The predicted octanol–water partition coefficient (Wildman–Crippen LogP) is 1.66. The molecule has 3 rings (SSSR count). The Kier molecular flexibility index (Phi) is 9.41. The maximum absolute atomic E-state index is 12.8. The van der Waals surface area contributed by atoms with E-state index in [1.165, 1.54) is 29.4 Å². The Morgan fingerprint density at radius 2 is 2.12 bits per heavy atom. The Bertz CT molecular complexity index is 851. The van der Waals surface area contributed by atoms with Crippen LogP contribution in [0.2, 0.25) is 0 Å². The average Bonchev–Trinajstić information content (AvgIpc) is 2.87. The standard InChI is InChI=1S/C24H37N7O2/c1-3-22(28-24(33)31-14-10-26-11-15-31)27-23(32)29(2)21-8-4-6-19(16-21)9-13-30-12-5-7-20(17-25)18-30/h3-4,6,8,16,20,26H,1,5,7,9-15,17-18,25H2,2H3,(H,27,28,32,33). The molecule has 0 spiro atoms. The fourth-order valence-corrected chi connectivity index (χ4v) is 4.22. The third kappa shape index (κ3) is 7.38. The minimum atomic E-state index is -0.468. The van der Waals surface area contributed by atoms with E-state index in [2.05, 4.69) is 33.2 Å². The van der Waals surface area contributed by atoms with E-state index in [9.17, 15) is 9.59 Å². The highest BCUT2D eigenvalue weighted by molar-refractivity contribution is 6.10. The number of carbonyl (C=O) groups is 2. The van der Waals surface area contributed by atoms with Crippen molar-refractivity contribution in [2.45, 2.75) is 19.3 Å². The third-order valence-corrected chi connectivity index (χ3v) is 6.29. The Hall–Kier alpha value is -2.75. The van der Waals surface area contributed by atoms with Crippen molar-refractivity contribution >= 4 is 23.6 Å². The van der Waals surface area contributed by atoms with Crippen molar-refractivity contribution < 1.29 is 9.59 Å². The monoisotopic (exact) mass is 455 g/mol. The number of hydrogen-bond acceptors (Lipinski definition) is 5. The molecule has 1 aromatic rings. The Balaban J connectivity index is 1.57. The number of nitrogens with zero attached hydrogens (tertiary/aromatic N) is 4. The molecule has 9 heteroatoms. The number of anilines is 1. The summed E-state index contributed by atoms with van der Waals surface area (Å²) in [6.45, 7) is 10.3. The number of urea groups is 2. The number of likely N-dealkylation sites (tertiary alicyclic amines) is 1. The smallest absolute Gasteiger partial charge is 0.330 e. The number of piperidine rings is 1. The van der Waals surface area contributed by atoms with Crippen LogP contribution in [-0.2, 0) is 6.42 Å². The summed E-state index contributed by atoms with van der Waals surface area (Å²) in [4.78, 5) is 34.9. The van der Waals surface area contributed by atoms with Crippen LogP contribution in [0.3, 0.4) is 0 Å². The van der Waals surface area contributed by atoms with Gasteiger partial charge in [-0.2, -0.15) is 4.99 Å². The molecule has 2 saturated heterocycles. The van der Waals surface area contributed by atoms with Gasteiger partial charge in [0.15, 0.2) is 0 Å². The molecular weight excluding hydrogens is 418 g/mol. The lowest BCUT2D eigenvalue weighted by molar-refractivity contribution is 0.180. The zero-order chi connectivity index (χ0) is 23.6. The zero-order valence-corrected chi connectivity index (χ0v) is 19.6. The van der Waals surface area contributed by atoms with Crippen molar-refractivity contribution in [3.8, 4) is 0 Å². The Morgan fingerprint density at radius 1 is 1.33 bits per heavy atom. The number of benzene rings is 1. The van der Waals surface area contributed by atoms with Gasteiger partial charge in [0.25, 0.3) is 0 Å². The molecule has 180 valence electrons. The topological polar surface area (TPSA) is 106 Å². The molecule has 4 N–H and O–H groups in total. The quantitative estimate of drug-likeness (QED) is 0.447. The lowest BCUT2D eigenvalue weighted by Gasteiger charge is -2.32. The molecule has 2 aliphatic heterocycles. The third-order valence-electron chi connectivity index (χ3n) is 6.29. The minimum Gasteiger partial charge on any atom is -0.330 e. The summed E-state index contributed by atoms with van der Waals surface area (Å²) in [5, 5.41) is 5.88. The van der Waals surface area contributed by atoms with Crippen LogP contribution in [0.5, 0.6) is 0 Å². The van der Waals surface area contributed by atoms with E-state index in [-0.39, 0.29) is 11.9 Å². The SMILES string of the molecule is C=C/C(=N\C(=O)N(C)c1cccc(CCN2CCCC(CN)C2)c1)NC(=O)N1CCNCC1. The van der Waals surface area contributed by atoms with Crippen molar-refractivity contribution in [2.24, 2.45) is 16.6 Å². The molecule has 2 fully saturated rings. The highest BCUT2D eigenvalue weighted by atomic mass is 16.2. The molecule has 1 unspecified atom stereocenters. The molecule has 0 aliphatic carbocycles. The number of rotatable bonds is 6. The van der Waals surface area contributed by atoms with E-state index < -0.39 is 6.03 Å². The highest BCUT2D eigenvalue weighted by Crippen LogP contribution is 2.19. The minimum absolute atomic E-state index is 0.145. The largest absolute Gasteiger partial charge is 0.349 e. The summed E-state index contributed by atoms with van der Waals surface area (Å²) in [6.07, 6.45) is 4.72. The molecule has 9 nitrogen and oxygen atoms in total. The van der Waals surface area contributed by atoms with Gasteiger partial charge >= 0.3 is 12.1 Å². The predicted molar refractivity (Wildman–Crippen MR) is 133 cm³/mol. The molecule has 1 aromatic carbocycles. The van der Waals surface area contributed by atoms with Crippen LogP contribution < -0.4 is 21.3 Å². The second-order valence-corrected chi connectivity index (χ2v) is 8.67. The number of amidine groups is 1. The van der Waals surface area contributed by atoms with Gasteiger partial charge in [-0.05, 0) is 62.0 Å². The van der Waals surface area contributed by atoms with Crippen LogP contribution >= 0.6 is 0 Å². The summed E-state index contributed by atoms with van der Waals surface area (Å²) >= 11 is 0. The van der Waals surface area contributed by atoms with Crippen molar-refractivity contribution in [3.05, 3.63) is 42.5 Å². The number of nitrogens with two attached hydrogens (primary N) is 1. The van der Waals surface area contributed by atoms with Crippen LogP contribution in [0.1, 0.15) is 18.4 Å². The van der Waals surface area contributed by atoms with Gasteiger partial charge in [-0.15, -0.1) is 0 Å². The van der Waals surface area contributed by atoms with Crippen molar-refractivity contribution in [1.82, 2.24) is 20.4 Å². The molecule has 33 heavy (non-hydrogen) atoms. The molecule has 0 aromatic heterocycles. The van der Waals surface area contributed by atoms with Crippen LogP contribution in [0, 0.1) is 5.92 Å². The van der Waals surface area contributed by atoms with Crippen LogP contribution in [-0.4, -0.2) is 87.1 Å². The first-order valence-electron chi connectivity index (χ1n) is 11.8. The normalized spacial score (nSPS) is 19.8. The van der Waals surface area contributed by atoms with E-state index in [1.54, 1.807) is 11.9 Å². The molecule has 1 atom stereocenters. The van der Waals surface area contributed by atoms with Gasteiger partial charge < -0.3 is 20.9 Å². The number of hydrogen-bond donors (Lipinski definition) is 3. The molecule has 0 radical (unpaired) electrons. The number of aliphatic imine (C=N–C) groups is 1. The number of amides is 4. The van der Waals surface area contributed by atoms with E-state index in [4.69, 9.17) is 5.73 Å². The summed E-state index contributed by atoms with van der Waals surface area (Å²) in [5.41, 5.74) is 7.78. The van der Waals surface area contributed by atoms with Crippen LogP contribution in [0.15, 0.2) is 41.9 Å². The lowest BCUT2D eigenvalue weighted by atomic mass is 9.98. The first-order chi connectivity index (χ1) is 16.0. The van der Waals surface area contributed by atoms with Crippen LogP contribution in [0.25, 0.3) is 0 Å². The first-order valence-corrected chi connectivity index (χ1v) is 11.8. The molecular formula is C24H37N7O2. The van der Waals surface area contributed by atoms with Gasteiger partial charge in [-0.1, -0.05) is 18.7 Å². The van der Waals surface area contributed by atoms with Gasteiger partial charge in [-0.3, -0.25) is 10.2 Å². The van der Waals surface area contributed by atoms with Gasteiger partial charge in [0, 0.05) is 52.0 Å². The van der Waals surface area contributed by atoms with E-state index in [0.29, 0.717) is 19.0 Å². The van der Waals surface area contributed by atoms with E-state index in [1.807, 2.05) is 18.2 Å². The van der Waals surface area contributed by atoms with Gasteiger partial charge in [0.2, 0.25) is 0 Å². The second-order valence-electron chi connectivity index (χ2n) is 8.67. The number of piperazine rings is 1. The summed E-state index contributed by atoms with van der Waals surface area (Å²) < 4.78 is 0. The Morgan fingerprint density at radius 3 is 2.85 bits per heavy atom. The Labute approximate surface area is 196 Å².